The Morgan fingerprint density at radius 1 is 1.10 bits per heavy atom. The summed E-state index contributed by atoms with van der Waals surface area (Å²) in [6, 6.07) is 8.15. The molecule has 0 unspecified atom stereocenters. The van der Waals surface area contributed by atoms with Crippen molar-refractivity contribution in [2.75, 3.05) is 7.11 Å². The van der Waals surface area contributed by atoms with Gasteiger partial charge in [0.2, 0.25) is 0 Å². The van der Waals surface area contributed by atoms with Gasteiger partial charge in [0.05, 0.1) is 24.7 Å². The van der Waals surface area contributed by atoms with Gasteiger partial charge in [0, 0.05) is 5.56 Å². The van der Waals surface area contributed by atoms with E-state index in [0.29, 0.717) is 0 Å². The van der Waals surface area contributed by atoms with Gasteiger partial charge in [0.15, 0.2) is 5.65 Å². The van der Waals surface area contributed by atoms with Crippen LogP contribution in [0.1, 0.15) is 16.8 Å². The van der Waals surface area contributed by atoms with E-state index < -0.39 is 0 Å². The lowest BCUT2D eigenvalue weighted by molar-refractivity contribution is 0.415. The van der Waals surface area contributed by atoms with E-state index in [1.165, 1.54) is 5.56 Å². The molecular weight excluding hydrogens is 250 g/mol. The molecule has 0 N–H and O–H groups in total. The number of aromatic nitrogens is 3. The number of aryl methyl sites for hydroxylation is 3. The van der Waals surface area contributed by atoms with Crippen LogP contribution in [0.5, 0.6) is 5.75 Å². The maximum Gasteiger partial charge on any atom is 0.153 e. The molecule has 3 rings (SSSR count). The molecule has 102 valence electrons. The first-order valence-electron chi connectivity index (χ1n) is 6.57. The highest BCUT2D eigenvalue weighted by Crippen LogP contribution is 2.33. The number of imidazole rings is 1. The van der Waals surface area contributed by atoms with Crippen LogP contribution in [0.25, 0.3) is 16.9 Å². The average Bonchev–Trinajstić information content (AvgIpc) is 2.76. The molecule has 4 heteroatoms. The van der Waals surface area contributed by atoms with Crippen molar-refractivity contribution in [3.05, 3.63) is 47.3 Å². The molecule has 0 saturated carbocycles. The topological polar surface area (TPSA) is 39.4 Å². The van der Waals surface area contributed by atoms with Crippen LogP contribution in [0.3, 0.4) is 0 Å². The second-order valence-electron chi connectivity index (χ2n) is 5.06. The fourth-order valence-electron chi connectivity index (χ4n) is 2.55. The summed E-state index contributed by atoms with van der Waals surface area (Å²) in [6.45, 7) is 6.11. The van der Waals surface area contributed by atoms with Crippen LogP contribution >= 0.6 is 0 Å². The molecule has 0 amide bonds. The van der Waals surface area contributed by atoms with Gasteiger partial charge in [0.1, 0.15) is 5.75 Å². The van der Waals surface area contributed by atoms with Crippen molar-refractivity contribution in [2.45, 2.75) is 20.8 Å². The Morgan fingerprint density at radius 3 is 2.65 bits per heavy atom. The lowest BCUT2D eigenvalue weighted by Gasteiger charge is -2.12. The summed E-state index contributed by atoms with van der Waals surface area (Å²) >= 11 is 0. The van der Waals surface area contributed by atoms with Crippen LogP contribution in [0, 0.1) is 20.8 Å². The quantitative estimate of drug-likeness (QED) is 0.715. The van der Waals surface area contributed by atoms with E-state index in [0.717, 1.165) is 33.9 Å². The van der Waals surface area contributed by atoms with Crippen molar-refractivity contribution in [1.82, 2.24) is 14.6 Å². The lowest BCUT2D eigenvalue weighted by atomic mass is 10.0. The second-order valence-corrected chi connectivity index (χ2v) is 5.06. The molecule has 2 heterocycles. The number of ether oxygens (including phenoxy) is 1. The normalized spacial score (nSPS) is 11.0. The number of hydrogen-bond donors (Lipinski definition) is 0. The Morgan fingerprint density at radius 2 is 1.90 bits per heavy atom. The molecule has 0 aliphatic carbocycles. The minimum absolute atomic E-state index is 0.853. The molecule has 0 aliphatic heterocycles. The highest BCUT2D eigenvalue weighted by atomic mass is 16.5. The van der Waals surface area contributed by atoms with Gasteiger partial charge in [-0.3, -0.25) is 0 Å². The Bertz CT molecular complexity index is 790. The predicted molar refractivity (Wildman–Crippen MR) is 79.2 cm³/mol. The summed E-state index contributed by atoms with van der Waals surface area (Å²) in [5.41, 5.74) is 6.08. The smallest absolute Gasteiger partial charge is 0.153 e. The SMILES string of the molecule is COc1cc(C)cc(C)c1-c1ccc2nc(C)cn2n1. The van der Waals surface area contributed by atoms with E-state index >= 15 is 0 Å². The van der Waals surface area contributed by atoms with Crippen molar-refractivity contribution in [1.29, 1.82) is 0 Å². The second kappa shape index (κ2) is 4.63. The molecule has 0 bridgehead atoms. The molecule has 0 radical (unpaired) electrons. The lowest BCUT2D eigenvalue weighted by Crippen LogP contribution is -1.98. The van der Waals surface area contributed by atoms with Gasteiger partial charge in [-0.1, -0.05) is 6.07 Å². The first-order chi connectivity index (χ1) is 9.58. The molecule has 0 spiro atoms. The fourth-order valence-corrected chi connectivity index (χ4v) is 2.55. The van der Waals surface area contributed by atoms with E-state index in [9.17, 15) is 0 Å². The summed E-state index contributed by atoms with van der Waals surface area (Å²) in [5, 5.41) is 4.64. The van der Waals surface area contributed by atoms with Crippen molar-refractivity contribution >= 4 is 5.65 Å². The molecule has 20 heavy (non-hydrogen) atoms. The van der Waals surface area contributed by atoms with Crippen LogP contribution in [-0.4, -0.2) is 21.7 Å². The zero-order valence-electron chi connectivity index (χ0n) is 12.1. The van der Waals surface area contributed by atoms with Crippen LogP contribution < -0.4 is 4.74 Å². The third-order valence-corrected chi connectivity index (χ3v) is 3.36. The van der Waals surface area contributed by atoms with Crippen LogP contribution in [0.2, 0.25) is 0 Å². The maximum absolute atomic E-state index is 5.51. The highest BCUT2D eigenvalue weighted by molar-refractivity contribution is 5.72. The molecule has 0 fully saturated rings. The molecule has 0 aliphatic rings. The van der Waals surface area contributed by atoms with Gasteiger partial charge < -0.3 is 4.74 Å². The molecule has 3 aromatic rings. The van der Waals surface area contributed by atoms with Crippen molar-refractivity contribution in [3.63, 3.8) is 0 Å². The predicted octanol–water partition coefficient (Wildman–Crippen LogP) is 3.33. The minimum Gasteiger partial charge on any atom is -0.496 e. The van der Waals surface area contributed by atoms with Crippen LogP contribution in [0.15, 0.2) is 30.5 Å². The zero-order valence-corrected chi connectivity index (χ0v) is 12.1. The van der Waals surface area contributed by atoms with E-state index in [4.69, 9.17) is 4.74 Å². The van der Waals surface area contributed by atoms with E-state index in [-0.39, 0.29) is 0 Å². The molecule has 1 aromatic carbocycles. The van der Waals surface area contributed by atoms with Gasteiger partial charge in [-0.05, 0) is 50.1 Å². The first-order valence-corrected chi connectivity index (χ1v) is 6.57. The monoisotopic (exact) mass is 267 g/mol. The Balaban J connectivity index is 2.24. The average molecular weight is 267 g/mol. The van der Waals surface area contributed by atoms with E-state index in [2.05, 4.69) is 30.0 Å². The third-order valence-electron chi connectivity index (χ3n) is 3.36. The number of hydrogen-bond acceptors (Lipinski definition) is 3. The van der Waals surface area contributed by atoms with Gasteiger partial charge >= 0.3 is 0 Å². The van der Waals surface area contributed by atoms with E-state index in [1.54, 1.807) is 7.11 Å². The van der Waals surface area contributed by atoms with Crippen LogP contribution in [0.4, 0.5) is 0 Å². The Kier molecular flexibility index (Phi) is 2.93. The van der Waals surface area contributed by atoms with Gasteiger partial charge in [0.25, 0.3) is 0 Å². The summed E-state index contributed by atoms with van der Waals surface area (Å²) < 4.78 is 7.32. The first kappa shape index (κ1) is 12.7. The summed E-state index contributed by atoms with van der Waals surface area (Å²) in [6.07, 6.45) is 1.93. The maximum atomic E-state index is 5.51. The highest BCUT2D eigenvalue weighted by Gasteiger charge is 2.12. The largest absolute Gasteiger partial charge is 0.496 e. The Hall–Kier alpha value is -2.36. The molecule has 4 nitrogen and oxygen atoms in total. The zero-order chi connectivity index (χ0) is 14.3. The summed E-state index contributed by atoms with van der Waals surface area (Å²) in [7, 11) is 1.69. The minimum atomic E-state index is 0.853. The summed E-state index contributed by atoms with van der Waals surface area (Å²) in [4.78, 5) is 4.40. The number of fused-ring (bicyclic) bond motifs is 1. The van der Waals surface area contributed by atoms with Crippen molar-refractivity contribution < 1.29 is 4.74 Å². The van der Waals surface area contributed by atoms with Gasteiger partial charge in [-0.2, -0.15) is 5.10 Å². The fraction of sp³-hybridized carbons (Fsp3) is 0.250. The number of rotatable bonds is 2. The molecular formula is C16H17N3O. The van der Waals surface area contributed by atoms with Crippen molar-refractivity contribution in [3.8, 4) is 17.0 Å². The van der Waals surface area contributed by atoms with Crippen molar-refractivity contribution in [2.24, 2.45) is 0 Å². The molecule has 0 atom stereocenters. The standard InChI is InChI=1S/C16H17N3O/c1-10-7-11(2)16(14(8-10)20-4)13-5-6-15-17-12(3)9-19(15)18-13/h5-9H,1-4H3. The number of methoxy groups -OCH3 is 1. The number of benzene rings is 1. The van der Waals surface area contributed by atoms with Crippen LogP contribution in [-0.2, 0) is 0 Å². The number of nitrogens with zero attached hydrogens (tertiary/aromatic N) is 3. The molecule has 2 aromatic heterocycles. The molecule has 0 saturated heterocycles. The Labute approximate surface area is 118 Å². The summed E-state index contributed by atoms with van der Waals surface area (Å²) in [5.74, 6) is 0.853. The van der Waals surface area contributed by atoms with E-state index in [1.807, 2.05) is 35.8 Å². The van der Waals surface area contributed by atoms with Gasteiger partial charge in [-0.25, -0.2) is 9.50 Å². The van der Waals surface area contributed by atoms with Gasteiger partial charge in [-0.15, -0.1) is 0 Å². The third kappa shape index (κ3) is 2.03.